The van der Waals surface area contributed by atoms with Crippen molar-refractivity contribution >= 4 is 37.4 Å². The van der Waals surface area contributed by atoms with E-state index in [1.807, 2.05) is 25.1 Å². The molecule has 2 atom stereocenters. The lowest BCUT2D eigenvalue weighted by atomic mass is 10.0. The smallest absolute Gasteiger partial charge is 0.227 e. The largest absolute Gasteiger partial charge is 0.308 e. The number of nitrogens with zero attached hydrogens (tertiary/aromatic N) is 1. The number of hydrogen-bond acceptors (Lipinski definition) is 3. The average Bonchev–Trinajstić information content (AvgIpc) is 2.73. The zero-order valence-corrected chi connectivity index (χ0v) is 12.9. The maximum atomic E-state index is 12.1. The molecule has 0 spiro atoms. The monoisotopic (exact) mass is 343 g/mol. The molecule has 1 aromatic carbocycles. The van der Waals surface area contributed by atoms with Gasteiger partial charge in [-0.25, -0.2) is 8.42 Å². The molecule has 0 saturated carbocycles. The van der Waals surface area contributed by atoms with E-state index in [4.69, 9.17) is 0 Å². The van der Waals surface area contributed by atoms with E-state index < -0.39 is 9.84 Å². The molecule has 19 heavy (non-hydrogen) atoms. The summed E-state index contributed by atoms with van der Waals surface area (Å²) in [6.07, 6.45) is 0.343. The molecule has 0 unspecified atom stereocenters. The van der Waals surface area contributed by atoms with Crippen LogP contribution in [0.25, 0.3) is 0 Å². The number of anilines is 1. The number of rotatable bonds is 1. The van der Waals surface area contributed by atoms with Crippen LogP contribution >= 0.6 is 15.9 Å². The second kappa shape index (κ2) is 4.31. The summed E-state index contributed by atoms with van der Waals surface area (Å²) < 4.78 is 24.3. The average molecular weight is 344 g/mol. The van der Waals surface area contributed by atoms with Crippen molar-refractivity contribution in [1.82, 2.24) is 0 Å². The highest BCUT2D eigenvalue weighted by molar-refractivity contribution is 9.10. The van der Waals surface area contributed by atoms with Crippen LogP contribution in [0.3, 0.4) is 0 Å². The lowest BCUT2D eigenvalue weighted by molar-refractivity contribution is -0.117. The predicted octanol–water partition coefficient (Wildman–Crippen LogP) is 1.91. The second-order valence-corrected chi connectivity index (χ2v) is 8.31. The summed E-state index contributed by atoms with van der Waals surface area (Å²) >= 11 is 3.45. The lowest BCUT2D eigenvalue weighted by Gasteiger charge is -2.23. The minimum atomic E-state index is -2.99. The van der Waals surface area contributed by atoms with Crippen LogP contribution in [0.1, 0.15) is 12.0 Å². The summed E-state index contributed by atoms with van der Waals surface area (Å²) in [5.74, 6) is 0.222. The summed E-state index contributed by atoms with van der Waals surface area (Å²) in [6.45, 7) is 1.97. The molecule has 0 N–H and O–H groups in total. The Hall–Kier alpha value is -0.880. The van der Waals surface area contributed by atoms with E-state index in [1.54, 1.807) is 4.90 Å². The summed E-state index contributed by atoms with van der Waals surface area (Å²) in [4.78, 5) is 13.8. The van der Waals surface area contributed by atoms with Crippen LogP contribution in [-0.2, 0) is 14.6 Å². The van der Waals surface area contributed by atoms with Crippen molar-refractivity contribution in [2.45, 2.75) is 19.4 Å². The van der Waals surface area contributed by atoms with E-state index in [1.165, 1.54) is 0 Å². The van der Waals surface area contributed by atoms with Gasteiger partial charge in [0.25, 0.3) is 0 Å². The highest BCUT2D eigenvalue weighted by Gasteiger charge is 2.49. The quantitative estimate of drug-likeness (QED) is 0.782. The van der Waals surface area contributed by atoms with Gasteiger partial charge in [0.2, 0.25) is 5.91 Å². The first kappa shape index (κ1) is 13.1. The summed E-state index contributed by atoms with van der Waals surface area (Å²) in [5.41, 5.74) is 1.87. The van der Waals surface area contributed by atoms with Crippen molar-refractivity contribution in [2.24, 2.45) is 5.92 Å². The number of sulfone groups is 1. The summed E-state index contributed by atoms with van der Waals surface area (Å²) in [7, 11) is -2.99. The van der Waals surface area contributed by atoms with E-state index in [-0.39, 0.29) is 29.4 Å². The molecule has 2 aliphatic rings. The highest BCUT2D eigenvalue weighted by atomic mass is 79.9. The number of hydrogen-bond donors (Lipinski definition) is 0. The number of fused-ring (bicyclic) bond motifs is 1. The first-order valence-electron chi connectivity index (χ1n) is 6.16. The van der Waals surface area contributed by atoms with Gasteiger partial charge in [-0.15, -0.1) is 0 Å². The molecule has 0 radical (unpaired) electrons. The van der Waals surface area contributed by atoms with Crippen LogP contribution in [0, 0.1) is 12.8 Å². The Morgan fingerprint density at radius 1 is 1.32 bits per heavy atom. The summed E-state index contributed by atoms with van der Waals surface area (Å²) in [6, 6.07) is 5.52. The minimum Gasteiger partial charge on any atom is -0.308 e. The molecule has 102 valence electrons. The predicted molar refractivity (Wildman–Crippen MR) is 76.9 cm³/mol. The second-order valence-electron chi connectivity index (χ2n) is 5.31. The first-order chi connectivity index (χ1) is 8.87. The molecule has 1 amide bonds. The van der Waals surface area contributed by atoms with Crippen molar-refractivity contribution < 1.29 is 13.2 Å². The number of aryl methyl sites for hydroxylation is 1. The Kier molecular flexibility index (Phi) is 2.98. The number of amides is 1. The topological polar surface area (TPSA) is 54.5 Å². The Morgan fingerprint density at radius 2 is 2.05 bits per heavy atom. The van der Waals surface area contributed by atoms with Gasteiger partial charge in [-0.1, -0.05) is 22.0 Å². The van der Waals surface area contributed by atoms with Gasteiger partial charge in [0.1, 0.15) is 0 Å². The number of benzene rings is 1. The van der Waals surface area contributed by atoms with Crippen LogP contribution in [-0.4, -0.2) is 31.9 Å². The molecule has 0 aliphatic carbocycles. The Bertz CT molecular complexity index is 656. The Balaban J connectivity index is 1.99. The molecule has 1 aromatic rings. The van der Waals surface area contributed by atoms with Crippen LogP contribution in [0.15, 0.2) is 22.7 Å². The maximum Gasteiger partial charge on any atom is 0.227 e. The van der Waals surface area contributed by atoms with Crippen molar-refractivity contribution in [3.8, 4) is 0 Å². The fraction of sp³-hybridized carbons (Fsp3) is 0.462. The molecule has 6 heteroatoms. The third kappa shape index (κ3) is 2.21. The van der Waals surface area contributed by atoms with Gasteiger partial charge in [0.15, 0.2) is 9.84 Å². The molecule has 2 heterocycles. The van der Waals surface area contributed by atoms with Gasteiger partial charge in [-0.2, -0.15) is 0 Å². The van der Waals surface area contributed by atoms with E-state index in [2.05, 4.69) is 15.9 Å². The van der Waals surface area contributed by atoms with E-state index in [0.717, 1.165) is 15.7 Å². The van der Waals surface area contributed by atoms with Crippen LogP contribution < -0.4 is 4.90 Å². The molecule has 2 saturated heterocycles. The van der Waals surface area contributed by atoms with Crippen LogP contribution in [0.2, 0.25) is 0 Å². The van der Waals surface area contributed by atoms with Crippen molar-refractivity contribution in [2.75, 3.05) is 16.4 Å². The molecule has 2 fully saturated rings. The number of carbonyl (C=O) groups excluding carboxylic acids is 1. The number of halogens is 1. The Labute approximate surface area is 120 Å². The molecule has 0 bridgehead atoms. The Morgan fingerprint density at radius 3 is 2.74 bits per heavy atom. The maximum absolute atomic E-state index is 12.1. The highest BCUT2D eigenvalue weighted by Crippen LogP contribution is 2.38. The molecular formula is C13H14BrNO3S. The van der Waals surface area contributed by atoms with Gasteiger partial charge in [-0.05, 0) is 24.6 Å². The fourth-order valence-electron chi connectivity index (χ4n) is 2.96. The minimum absolute atomic E-state index is 0.0284. The molecule has 3 rings (SSSR count). The van der Waals surface area contributed by atoms with Gasteiger partial charge in [-0.3, -0.25) is 4.79 Å². The van der Waals surface area contributed by atoms with E-state index >= 15 is 0 Å². The SMILES string of the molecule is Cc1ccc(N2C(=O)C[C@H]3CS(=O)(=O)C[C@H]32)cc1Br. The fourth-order valence-corrected chi connectivity index (χ4v) is 5.39. The molecule has 0 aromatic heterocycles. The zero-order chi connectivity index (χ0) is 13.8. The van der Waals surface area contributed by atoms with Gasteiger partial charge >= 0.3 is 0 Å². The van der Waals surface area contributed by atoms with Crippen molar-refractivity contribution in [1.29, 1.82) is 0 Å². The van der Waals surface area contributed by atoms with E-state index in [9.17, 15) is 13.2 Å². The van der Waals surface area contributed by atoms with Gasteiger partial charge in [0, 0.05) is 22.5 Å². The van der Waals surface area contributed by atoms with Gasteiger partial charge in [0.05, 0.1) is 17.5 Å². The third-order valence-electron chi connectivity index (χ3n) is 3.91. The van der Waals surface area contributed by atoms with Crippen LogP contribution in [0.4, 0.5) is 5.69 Å². The third-order valence-corrected chi connectivity index (χ3v) is 6.55. The molecular weight excluding hydrogens is 330 g/mol. The normalized spacial score (nSPS) is 28.7. The molecule has 4 nitrogen and oxygen atoms in total. The van der Waals surface area contributed by atoms with E-state index in [0.29, 0.717) is 6.42 Å². The lowest BCUT2D eigenvalue weighted by Crippen LogP contribution is -2.36. The van der Waals surface area contributed by atoms with Crippen molar-refractivity contribution in [3.05, 3.63) is 28.2 Å². The first-order valence-corrected chi connectivity index (χ1v) is 8.77. The number of carbonyl (C=O) groups is 1. The summed E-state index contributed by atoms with van der Waals surface area (Å²) in [5, 5.41) is 0. The van der Waals surface area contributed by atoms with Crippen molar-refractivity contribution in [3.63, 3.8) is 0 Å². The van der Waals surface area contributed by atoms with Gasteiger partial charge < -0.3 is 4.90 Å². The standard InChI is InChI=1S/C13H14BrNO3S/c1-8-2-3-10(5-11(8)14)15-12-7-19(17,18)6-9(12)4-13(15)16/h2-3,5,9,12H,4,6-7H2,1H3/t9-,12+/m0/s1. The molecule has 2 aliphatic heterocycles. The van der Waals surface area contributed by atoms with Crippen LogP contribution in [0.5, 0.6) is 0 Å². The zero-order valence-electron chi connectivity index (χ0n) is 10.5.